The van der Waals surface area contributed by atoms with Gasteiger partial charge in [0.05, 0.1) is 0 Å². The molecule has 0 saturated carbocycles. The average molecular weight is 220 g/mol. The molecular weight excluding hydrogens is 196 g/mol. The van der Waals surface area contributed by atoms with Gasteiger partial charge in [-0.15, -0.1) is 0 Å². The minimum atomic E-state index is -0.568. The molecule has 3 N–H and O–H groups in total. The van der Waals surface area contributed by atoms with E-state index in [1.807, 2.05) is 0 Å². The number of hydrogen-bond donors (Lipinski definition) is 2. The van der Waals surface area contributed by atoms with E-state index in [4.69, 9.17) is 5.73 Å². The highest BCUT2D eigenvalue weighted by atomic mass is 28.3. The van der Waals surface area contributed by atoms with Gasteiger partial charge in [-0.3, -0.25) is 0 Å². The van der Waals surface area contributed by atoms with E-state index in [0.717, 1.165) is 12.5 Å². The van der Waals surface area contributed by atoms with Crippen LogP contribution < -0.4 is 11.1 Å². The zero-order valence-corrected chi connectivity index (χ0v) is 11.0. The number of nitrogens with two attached hydrogens (primary N) is 1. The monoisotopic (exact) mass is 220 g/mol. The maximum absolute atomic E-state index is 5.52. The zero-order valence-electron chi connectivity index (χ0n) is 9.58. The summed E-state index contributed by atoms with van der Waals surface area (Å²) < 4.78 is 9.22. The molecule has 4 nitrogen and oxygen atoms in total. The molecule has 1 saturated heterocycles. The zero-order chi connectivity index (χ0) is 10.8. The Labute approximate surface area is 89.6 Å². The molecule has 0 bridgehead atoms. The van der Waals surface area contributed by atoms with Gasteiger partial charge in [-0.1, -0.05) is 6.92 Å². The first kappa shape index (κ1) is 14.1. The molecule has 1 rings (SSSR count). The summed E-state index contributed by atoms with van der Waals surface area (Å²) in [7, 11) is 2.73. The highest BCUT2D eigenvalue weighted by molar-refractivity contribution is 6.17. The molecule has 14 heavy (non-hydrogen) atoms. The maximum atomic E-state index is 5.52. The lowest BCUT2D eigenvalue weighted by molar-refractivity contribution is 0.309. The van der Waals surface area contributed by atoms with Crippen LogP contribution in [0.5, 0.6) is 0 Å². The van der Waals surface area contributed by atoms with Crippen LogP contribution in [0.4, 0.5) is 0 Å². The Kier molecular flexibility index (Phi) is 9.64. The van der Waals surface area contributed by atoms with Crippen LogP contribution >= 0.6 is 0 Å². The van der Waals surface area contributed by atoms with Gasteiger partial charge in [-0.2, -0.15) is 0 Å². The molecule has 2 unspecified atom stereocenters. The Balaban J connectivity index is 0.000000292. The second-order valence-electron chi connectivity index (χ2n) is 3.66. The van der Waals surface area contributed by atoms with Crippen LogP contribution in [0.15, 0.2) is 0 Å². The summed E-state index contributed by atoms with van der Waals surface area (Å²) in [6.45, 7) is 5.44. The van der Waals surface area contributed by atoms with Gasteiger partial charge < -0.3 is 19.9 Å². The van der Waals surface area contributed by atoms with E-state index < -0.39 is 10.0 Å². The molecule has 0 aromatic heterocycles. The van der Waals surface area contributed by atoms with Crippen molar-refractivity contribution < 1.29 is 8.85 Å². The first-order valence-corrected chi connectivity index (χ1v) is 6.30. The van der Waals surface area contributed by atoms with Crippen molar-refractivity contribution in [1.82, 2.24) is 5.32 Å². The Morgan fingerprint density at radius 2 is 2.14 bits per heavy atom. The number of rotatable bonds is 4. The van der Waals surface area contributed by atoms with Crippen molar-refractivity contribution >= 4 is 10.0 Å². The summed E-state index contributed by atoms with van der Waals surface area (Å²) in [5, 5.41) is 3.33. The van der Waals surface area contributed by atoms with Crippen molar-refractivity contribution in [2.24, 2.45) is 17.6 Å². The summed E-state index contributed by atoms with van der Waals surface area (Å²) >= 11 is 0. The highest BCUT2D eigenvalue weighted by Gasteiger charge is 2.19. The fourth-order valence-electron chi connectivity index (χ4n) is 1.47. The lowest BCUT2D eigenvalue weighted by atomic mass is 9.94. The second kappa shape index (κ2) is 9.61. The summed E-state index contributed by atoms with van der Waals surface area (Å²) in [6, 6.07) is 0. The van der Waals surface area contributed by atoms with E-state index in [-0.39, 0.29) is 0 Å². The molecule has 0 amide bonds. The molecule has 0 aromatic carbocycles. The Morgan fingerprint density at radius 3 is 2.43 bits per heavy atom. The Morgan fingerprint density at radius 1 is 1.50 bits per heavy atom. The normalized spacial score (nSPS) is 22.7. The third-order valence-electron chi connectivity index (χ3n) is 2.51. The first-order chi connectivity index (χ1) is 6.76. The molecule has 2 atom stereocenters. The van der Waals surface area contributed by atoms with Crippen LogP contribution in [-0.4, -0.2) is 43.9 Å². The largest absolute Gasteiger partial charge is 0.402 e. The van der Waals surface area contributed by atoms with Crippen LogP contribution in [0.1, 0.15) is 13.3 Å². The molecule has 0 aliphatic carbocycles. The van der Waals surface area contributed by atoms with E-state index in [1.54, 1.807) is 14.2 Å². The third-order valence-corrected chi connectivity index (χ3v) is 2.98. The lowest BCUT2D eigenvalue weighted by Crippen LogP contribution is -2.22. The quantitative estimate of drug-likeness (QED) is 0.625. The molecule has 86 valence electrons. The molecule has 5 heteroatoms. The molecule has 1 fully saturated rings. The third kappa shape index (κ3) is 6.50. The summed E-state index contributed by atoms with van der Waals surface area (Å²) in [6.07, 6.45) is 1.32. The summed E-state index contributed by atoms with van der Waals surface area (Å²) in [5.74, 6) is 1.55. The summed E-state index contributed by atoms with van der Waals surface area (Å²) in [4.78, 5) is 0. The molecule has 1 aliphatic heterocycles. The maximum Gasteiger partial charge on any atom is 0.303 e. The van der Waals surface area contributed by atoms with Gasteiger partial charge in [0.1, 0.15) is 0 Å². The Bertz CT molecular complexity index is 119. The molecule has 0 spiro atoms. The van der Waals surface area contributed by atoms with Crippen molar-refractivity contribution in [3.05, 3.63) is 0 Å². The molecule has 1 aliphatic rings. The van der Waals surface area contributed by atoms with Crippen LogP contribution in [0.2, 0.25) is 0 Å². The van der Waals surface area contributed by atoms with E-state index in [2.05, 4.69) is 21.1 Å². The summed E-state index contributed by atoms with van der Waals surface area (Å²) in [5.41, 5.74) is 5.52. The number of hydrogen-bond acceptors (Lipinski definition) is 4. The topological polar surface area (TPSA) is 56.5 Å². The van der Waals surface area contributed by atoms with E-state index >= 15 is 0 Å². The van der Waals surface area contributed by atoms with E-state index in [0.29, 0.717) is 5.92 Å². The van der Waals surface area contributed by atoms with E-state index in [9.17, 15) is 0 Å². The van der Waals surface area contributed by atoms with Gasteiger partial charge in [0.15, 0.2) is 0 Å². The smallest absolute Gasteiger partial charge is 0.303 e. The predicted molar refractivity (Wildman–Crippen MR) is 61.8 cm³/mol. The second-order valence-corrected chi connectivity index (χ2v) is 5.05. The molecule has 0 radical (unpaired) electrons. The average Bonchev–Trinajstić information content (AvgIpc) is 2.72. The van der Waals surface area contributed by atoms with Gasteiger partial charge in [-0.05, 0) is 37.9 Å². The number of nitrogens with one attached hydrogen (secondary N) is 1. The fraction of sp³-hybridized carbons (Fsp3) is 1.00. The van der Waals surface area contributed by atoms with Crippen molar-refractivity contribution in [1.29, 1.82) is 0 Å². The predicted octanol–water partition coefficient (Wildman–Crippen LogP) is -0.531. The fourth-order valence-corrected chi connectivity index (χ4v) is 1.71. The van der Waals surface area contributed by atoms with Gasteiger partial charge >= 0.3 is 10.0 Å². The Hall–Kier alpha value is 0.0569. The van der Waals surface area contributed by atoms with Crippen LogP contribution in [0.3, 0.4) is 0 Å². The van der Waals surface area contributed by atoms with Gasteiger partial charge in [0.25, 0.3) is 0 Å². The molecule has 0 aromatic rings. The van der Waals surface area contributed by atoms with E-state index in [1.165, 1.54) is 19.5 Å². The molecular formula is C9H24N2O2Si. The first-order valence-electron chi connectivity index (χ1n) is 5.14. The lowest BCUT2D eigenvalue weighted by Gasteiger charge is -2.14. The van der Waals surface area contributed by atoms with Gasteiger partial charge in [0, 0.05) is 14.2 Å². The molecule has 1 heterocycles. The highest BCUT2D eigenvalue weighted by Crippen LogP contribution is 2.16. The standard InChI is InChI=1S/C7H16N2.C2H8O2Si/c1-6(4-8)7-2-3-9-5-7;1-3-5-4-2/h6-7,9H,2-5,8H2,1H3;5H2,1-2H3. The minimum absolute atomic E-state index is 0.568. The van der Waals surface area contributed by atoms with Crippen molar-refractivity contribution in [3.63, 3.8) is 0 Å². The van der Waals surface area contributed by atoms with Crippen molar-refractivity contribution in [3.8, 4) is 0 Å². The van der Waals surface area contributed by atoms with Gasteiger partial charge in [0.2, 0.25) is 0 Å². The van der Waals surface area contributed by atoms with Crippen molar-refractivity contribution in [2.45, 2.75) is 13.3 Å². The minimum Gasteiger partial charge on any atom is -0.402 e. The van der Waals surface area contributed by atoms with Crippen LogP contribution in [0, 0.1) is 11.8 Å². The van der Waals surface area contributed by atoms with Crippen LogP contribution in [-0.2, 0) is 8.85 Å². The SMILES string of the molecule is CC(CN)C1CCNC1.CO[SiH2]OC. The van der Waals surface area contributed by atoms with Gasteiger partial charge in [-0.25, -0.2) is 0 Å². The van der Waals surface area contributed by atoms with Crippen LogP contribution in [0.25, 0.3) is 0 Å². The van der Waals surface area contributed by atoms with Crippen molar-refractivity contribution in [2.75, 3.05) is 33.9 Å².